The zero-order valence-corrected chi connectivity index (χ0v) is 17.3. The summed E-state index contributed by atoms with van der Waals surface area (Å²) in [5.41, 5.74) is -0.0685. The Labute approximate surface area is 172 Å². The number of hydrogen-bond donors (Lipinski definition) is 0. The highest BCUT2D eigenvalue weighted by Gasteiger charge is 2.35. The second-order valence-electron chi connectivity index (χ2n) is 7.36. The summed E-state index contributed by atoms with van der Waals surface area (Å²) in [6.45, 7) is 1.98. The topological polar surface area (TPSA) is 103 Å². The minimum Gasteiger partial charge on any atom is -0.468 e. The maximum Gasteiger partial charge on any atom is 0.422 e. The molecule has 0 aromatic carbocycles. The largest absolute Gasteiger partial charge is 0.468 e. The van der Waals surface area contributed by atoms with Gasteiger partial charge in [-0.05, 0) is 18.4 Å². The number of amides is 1. The van der Waals surface area contributed by atoms with Crippen LogP contribution in [0.5, 0.6) is 5.88 Å². The van der Waals surface area contributed by atoms with Crippen molar-refractivity contribution in [2.24, 2.45) is 5.92 Å². The normalized spacial score (nSPS) is 18.3. The van der Waals surface area contributed by atoms with Gasteiger partial charge in [0.05, 0.1) is 17.1 Å². The van der Waals surface area contributed by atoms with Crippen molar-refractivity contribution in [3.8, 4) is 5.88 Å². The van der Waals surface area contributed by atoms with Gasteiger partial charge in [-0.15, -0.1) is 0 Å². The van der Waals surface area contributed by atoms with Gasteiger partial charge in [0, 0.05) is 24.8 Å². The Morgan fingerprint density at radius 1 is 1.30 bits per heavy atom. The fourth-order valence-electron chi connectivity index (χ4n) is 2.90. The predicted molar refractivity (Wildman–Crippen MR) is 99.7 cm³/mol. The summed E-state index contributed by atoms with van der Waals surface area (Å²) in [5.74, 6) is -1.75. The van der Waals surface area contributed by atoms with E-state index in [4.69, 9.17) is 4.74 Å². The Morgan fingerprint density at radius 3 is 2.50 bits per heavy atom. The number of rotatable bonds is 8. The highest BCUT2D eigenvalue weighted by Crippen LogP contribution is 2.20. The lowest BCUT2D eigenvalue weighted by molar-refractivity contribution is -0.154. The molecule has 8 nitrogen and oxygen atoms in total. The lowest BCUT2D eigenvalue weighted by Crippen LogP contribution is -2.45. The highest BCUT2D eigenvalue weighted by molar-refractivity contribution is 7.91. The third-order valence-corrected chi connectivity index (χ3v) is 5.96. The van der Waals surface area contributed by atoms with E-state index >= 15 is 0 Å². The lowest BCUT2D eigenvalue weighted by Gasteiger charge is -2.29. The van der Waals surface area contributed by atoms with Crippen molar-refractivity contribution in [2.45, 2.75) is 32.5 Å². The second-order valence-corrected chi connectivity index (χ2v) is 9.59. The molecule has 0 radical (unpaired) electrons. The Hall–Kier alpha value is -2.37. The number of nitrogens with zero attached hydrogens (tertiary/aromatic N) is 2. The maximum absolute atomic E-state index is 12.6. The highest BCUT2D eigenvalue weighted by atomic mass is 32.2. The van der Waals surface area contributed by atoms with E-state index in [-0.39, 0.29) is 28.9 Å². The number of aromatic nitrogens is 1. The van der Waals surface area contributed by atoms with Crippen molar-refractivity contribution in [2.75, 3.05) is 31.3 Å². The summed E-state index contributed by atoms with van der Waals surface area (Å²) in [4.78, 5) is 29.7. The van der Waals surface area contributed by atoms with Crippen LogP contribution < -0.4 is 4.74 Å². The molecule has 1 saturated heterocycles. The molecule has 1 aliphatic heterocycles. The van der Waals surface area contributed by atoms with Gasteiger partial charge in [0.25, 0.3) is 5.91 Å². The number of alkyl halides is 3. The minimum absolute atomic E-state index is 0.00770. The van der Waals surface area contributed by atoms with Gasteiger partial charge in [0.2, 0.25) is 5.88 Å². The van der Waals surface area contributed by atoms with Gasteiger partial charge >= 0.3 is 12.1 Å². The molecule has 0 saturated carbocycles. The van der Waals surface area contributed by atoms with Crippen LogP contribution in [0.4, 0.5) is 13.2 Å². The molecule has 12 heteroatoms. The fraction of sp³-hybridized carbons (Fsp3) is 0.611. The predicted octanol–water partition coefficient (Wildman–Crippen LogP) is 1.85. The monoisotopic (exact) mass is 452 g/mol. The van der Waals surface area contributed by atoms with E-state index in [2.05, 4.69) is 9.72 Å². The van der Waals surface area contributed by atoms with Crippen molar-refractivity contribution >= 4 is 21.7 Å². The van der Waals surface area contributed by atoms with Crippen LogP contribution in [-0.2, 0) is 19.4 Å². The first-order chi connectivity index (χ1) is 13.9. The second kappa shape index (κ2) is 9.63. The minimum atomic E-state index is -4.51. The number of sulfone groups is 1. The van der Waals surface area contributed by atoms with Crippen molar-refractivity contribution in [3.63, 3.8) is 0 Å². The molecule has 1 aromatic rings. The summed E-state index contributed by atoms with van der Waals surface area (Å²) in [6.07, 6.45) is -3.20. The zero-order valence-electron chi connectivity index (χ0n) is 16.5. The number of halogens is 3. The standard InChI is InChI=1S/C18H23F3N2O6S/c1-12(2)8-23(14-5-6-30(26,27)10-14)16(24)9-28-17(25)13-3-4-15(22-7-13)29-11-18(19,20)21/h3-4,7,12,14H,5-6,8-11H2,1-2H3. The molecule has 1 unspecified atom stereocenters. The summed E-state index contributed by atoms with van der Waals surface area (Å²) < 4.78 is 69.3. The van der Waals surface area contributed by atoms with Gasteiger partial charge in [-0.3, -0.25) is 4.79 Å². The van der Waals surface area contributed by atoms with Gasteiger partial charge in [0.15, 0.2) is 23.1 Å². The average Bonchev–Trinajstić information content (AvgIpc) is 3.01. The van der Waals surface area contributed by atoms with Crippen molar-refractivity contribution in [3.05, 3.63) is 23.9 Å². The van der Waals surface area contributed by atoms with Crippen LogP contribution in [0.2, 0.25) is 0 Å². The SMILES string of the molecule is CC(C)CN(C(=O)COC(=O)c1ccc(OCC(F)(F)F)nc1)C1CCS(=O)(=O)C1. The van der Waals surface area contributed by atoms with Gasteiger partial charge in [-0.2, -0.15) is 13.2 Å². The number of ether oxygens (including phenoxy) is 2. The molecule has 0 spiro atoms. The van der Waals surface area contributed by atoms with Gasteiger partial charge < -0.3 is 14.4 Å². The van der Waals surface area contributed by atoms with E-state index in [1.54, 1.807) is 0 Å². The summed E-state index contributed by atoms with van der Waals surface area (Å²) in [5, 5.41) is 0. The maximum atomic E-state index is 12.6. The van der Waals surface area contributed by atoms with Crippen LogP contribution in [0, 0.1) is 5.92 Å². The van der Waals surface area contributed by atoms with Crippen molar-refractivity contribution < 1.29 is 40.7 Å². The van der Waals surface area contributed by atoms with E-state index in [1.165, 1.54) is 11.0 Å². The molecule has 1 amide bonds. The molecule has 1 aliphatic rings. The van der Waals surface area contributed by atoms with Gasteiger partial charge in [0.1, 0.15) is 0 Å². The van der Waals surface area contributed by atoms with E-state index in [9.17, 15) is 31.2 Å². The van der Waals surface area contributed by atoms with E-state index < -0.39 is 47.1 Å². The third kappa shape index (κ3) is 7.47. The first-order valence-corrected chi connectivity index (χ1v) is 11.0. The summed E-state index contributed by atoms with van der Waals surface area (Å²) >= 11 is 0. The van der Waals surface area contributed by atoms with Crippen LogP contribution in [0.3, 0.4) is 0 Å². The quantitative estimate of drug-likeness (QED) is 0.555. The molecule has 1 aromatic heterocycles. The molecular weight excluding hydrogens is 429 g/mol. The molecule has 0 aliphatic carbocycles. The van der Waals surface area contributed by atoms with Crippen LogP contribution >= 0.6 is 0 Å². The molecule has 168 valence electrons. The van der Waals surface area contributed by atoms with Crippen LogP contribution in [0.25, 0.3) is 0 Å². The van der Waals surface area contributed by atoms with E-state index in [0.717, 1.165) is 12.3 Å². The lowest BCUT2D eigenvalue weighted by atomic mass is 10.1. The Balaban J connectivity index is 1.93. The molecule has 30 heavy (non-hydrogen) atoms. The van der Waals surface area contributed by atoms with E-state index in [0.29, 0.717) is 13.0 Å². The van der Waals surface area contributed by atoms with Gasteiger partial charge in [-0.25, -0.2) is 18.2 Å². The van der Waals surface area contributed by atoms with Crippen LogP contribution in [0.15, 0.2) is 18.3 Å². The number of hydrogen-bond acceptors (Lipinski definition) is 7. The number of carbonyl (C=O) groups is 2. The third-order valence-electron chi connectivity index (χ3n) is 4.21. The molecule has 1 fully saturated rings. The van der Waals surface area contributed by atoms with Crippen molar-refractivity contribution in [1.29, 1.82) is 0 Å². The van der Waals surface area contributed by atoms with Gasteiger partial charge in [-0.1, -0.05) is 13.8 Å². The number of pyridine rings is 1. The number of esters is 1. The molecular formula is C18H23F3N2O6S. The molecule has 2 heterocycles. The fourth-order valence-corrected chi connectivity index (χ4v) is 4.64. The zero-order chi connectivity index (χ0) is 22.5. The molecule has 1 atom stereocenters. The average molecular weight is 452 g/mol. The molecule has 0 N–H and O–H groups in total. The Kier molecular flexibility index (Phi) is 7.67. The van der Waals surface area contributed by atoms with E-state index in [1.807, 2.05) is 13.8 Å². The van der Waals surface area contributed by atoms with Crippen molar-refractivity contribution in [1.82, 2.24) is 9.88 Å². The molecule has 2 rings (SSSR count). The first-order valence-electron chi connectivity index (χ1n) is 9.19. The first kappa shape index (κ1) is 23.9. The number of carbonyl (C=O) groups excluding carboxylic acids is 2. The Morgan fingerprint density at radius 2 is 2.00 bits per heavy atom. The van der Waals surface area contributed by atoms with Crippen LogP contribution in [-0.4, -0.2) is 73.7 Å². The van der Waals surface area contributed by atoms with Crippen LogP contribution in [0.1, 0.15) is 30.6 Å². The summed E-state index contributed by atoms with van der Waals surface area (Å²) in [6, 6.07) is 1.79. The Bertz CT molecular complexity index is 856. The summed E-state index contributed by atoms with van der Waals surface area (Å²) in [7, 11) is -3.19. The smallest absolute Gasteiger partial charge is 0.422 e. The molecule has 0 bridgehead atoms.